The van der Waals surface area contributed by atoms with Gasteiger partial charge in [0.25, 0.3) is 0 Å². The first-order valence-corrected chi connectivity index (χ1v) is 12.5. The SMILES string of the molecule is COc1ccc(NC(=O)C(=O)NCC[C@@H]2CCCCN2S(=O)(=O)c2cc(C)ccc2C)cc1. The number of nitrogens with zero attached hydrogens (tertiary/aromatic N) is 1. The molecule has 33 heavy (non-hydrogen) atoms. The standard InChI is InChI=1S/C24H31N3O5S/c1-17-7-8-18(2)22(16-17)33(30,31)27-15-5-4-6-20(27)13-14-25-23(28)24(29)26-19-9-11-21(32-3)12-10-19/h7-12,16,20H,4-6,13-15H2,1-3H3,(H,25,28)(H,26,29)/t20-/m0/s1. The van der Waals surface area contributed by atoms with Crippen LogP contribution < -0.4 is 15.4 Å². The van der Waals surface area contributed by atoms with E-state index in [-0.39, 0.29) is 12.6 Å². The zero-order chi connectivity index (χ0) is 24.0. The van der Waals surface area contributed by atoms with Crippen LogP contribution in [0.5, 0.6) is 5.75 Å². The minimum atomic E-state index is -3.65. The topological polar surface area (TPSA) is 105 Å². The quantitative estimate of drug-likeness (QED) is 0.602. The van der Waals surface area contributed by atoms with Crippen LogP contribution in [-0.2, 0) is 19.6 Å². The number of benzene rings is 2. The molecule has 8 nitrogen and oxygen atoms in total. The van der Waals surface area contributed by atoms with E-state index in [0.717, 1.165) is 24.8 Å². The lowest BCUT2D eigenvalue weighted by atomic mass is 10.0. The summed E-state index contributed by atoms with van der Waals surface area (Å²) < 4.78 is 33.4. The van der Waals surface area contributed by atoms with Crippen molar-refractivity contribution in [1.82, 2.24) is 9.62 Å². The van der Waals surface area contributed by atoms with E-state index in [2.05, 4.69) is 10.6 Å². The molecular weight excluding hydrogens is 442 g/mol. The maximum Gasteiger partial charge on any atom is 0.313 e. The van der Waals surface area contributed by atoms with E-state index in [1.165, 1.54) is 0 Å². The fourth-order valence-electron chi connectivity index (χ4n) is 3.99. The third kappa shape index (κ3) is 6.11. The molecule has 0 bridgehead atoms. The van der Waals surface area contributed by atoms with Crippen molar-refractivity contribution in [2.45, 2.75) is 50.5 Å². The summed E-state index contributed by atoms with van der Waals surface area (Å²) in [6.07, 6.45) is 2.89. The first kappa shape index (κ1) is 24.7. The fraction of sp³-hybridized carbons (Fsp3) is 0.417. The van der Waals surface area contributed by atoms with Crippen LogP contribution in [0.3, 0.4) is 0 Å². The van der Waals surface area contributed by atoms with Crippen molar-refractivity contribution >= 4 is 27.5 Å². The highest BCUT2D eigenvalue weighted by Gasteiger charge is 2.34. The maximum absolute atomic E-state index is 13.4. The molecule has 0 spiro atoms. The average molecular weight is 474 g/mol. The van der Waals surface area contributed by atoms with Gasteiger partial charge in [-0.3, -0.25) is 9.59 Å². The summed E-state index contributed by atoms with van der Waals surface area (Å²) in [5, 5.41) is 5.14. The zero-order valence-corrected chi connectivity index (χ0v) is 20.1. The van der Waals surface area contributed by atoms with Crippen molar-refractivity contribution in [3.63, 3.8) is 0 Å². The highest BCUT2D eigenvalue weighted by Crippen LogP contribution is 2.29. The molecule has 2 aromatic rings. The van der Waals surface area contributed by atoms with Gasteiger partial charge in [-0.15, -0.1) is 0 Å². The summed E-state index contributed by atoms with van der Waals surface area (Å²) in [7, 11) is -2.10. The number of ether oxygens (including phenoxy) is 1. The summed E-state index contributed by atoms with van der Waals surface area (Å²) in [4.78, 5) is 24.7. The number of piperidine rings is 1. The molecule has 2 amide bonds. The van der Waals surface area contributed by atoms with Crippen molar-refractivity contribution in [2.24, 2.45) is 0 Å². The maximum atomic E-state index is 13.4. The molecule has 178 valence electrons. The van der Waals surface area contributed by atoms with Crippen LogP contribution in [0.4, 0.5) is 5.69 Å². The second-order valence-corrected chi connectivity index (χ2v) is 10.1. The molecule has 1 aliphatic heterocycles. The summed E-state index contributed by atoms with van der Waals surface area (Å²) >= 11 is 0. The highest BCUT2D eigenvalue weighted by molar-refractivity contribution is 7.89. The number of hydrogen-bond donors (Lipinski definition) is 2. The number of amides is 2. The molecule has 9 heteroatoms. The molecule has 0 radical (unpaired) electrons. The molecule has 1 heterocycles. The van der Waals surface area contributed by atoms with E-state index in [9.17, 15) is 18.0 Å². The Labute approximate surface area is 195 Å². The van der Waals surface area contributed by atoms with Gasteiger partial charge in [-0.1, -0.05) is 18.6 Å². The summed E-state index contributed by atoms with van der Waals surface area (Å²) in [6.45, 7) is 4.33. The lowest BCUT2D eigenvalue weighted by Gasteiger charge is -2.35. The molecule has 2 N–H and O–H groups in total. The Hall–Kier alpha value is -2.91. The Morgan fingerprint density at radius 3 is 2.48 bits per heavy atom. The number of carbonyl (C=O) groups is 2. The molecule has 0 saturated carbocycles. The van der Waals surface area contributed by atoms with Crippen LogP contribution >= 0.6 is 0 Å². The predicted octanol–water partition coefficient (Wildman–Crippen LogP) is 3.00. The smallest absolute Gasteiger partial charge is 0.313 e. The molecule has 1 saturated heterocycles. The zero-order valence-electron chi connectivity index (χ0n) is 19.3. The van der Waals surface area contributed by atoms with Crippen LogP contribution in [0.15, 0.2) is 47.4 Å². The summed E-state index contributed by atoms with van der Waals surface area (Å²) in [5.74, 6) is -0.889. The van der Waals surface area contributed by atoms with Crippen molar-refractivity contribution in [3.05, 3.63) is 53.6 Å². The first-order chi connectivity index (χ1) is 15.7. The van der Waals surface area contributed by atoms with E-state index in [4.69, 9.17) is 4.74 Å². The monoisotopic (exact) mass is 473 g/mol. The Balaban J connectivity index is 1.59. The van der Waals surface area contributed by atoms with Gasteiger partial charge in [-0.05, 0) is 74.6 Å². The van der Waals surface area contributed by atoms with E-state index in [0.29, 0.717) is 34.9 Å². The Kier molecular flexibility index (Phi) is 8.10. The van der Waals surface area contributed by atoms with E-state index in [1.807, 2.05) is 19.1 Å². The van der Waals surface area contributed by atoms with E-state index >= 15 is 0 Å². The minimum Gasteiger partial charge on any atom is -0.497 e. The summed E-state index contributed by atoms with van der Waals surface area (Å²) in [5.41, 5.74) is 2.09. The lowest BCUT2D eigenvalue weighted by Crippen LogP contribution is -2.46. The second kappa shape index (κ2) is 10.8. The van der Waals surface area contributed by atoms with Gasteiger partial charge in [0.05, 0.1) is 12.0 Å². The number of carbonyl (C=O) groups excluding carboxylic acids is 2. The van der Waals surface area contributed by atoms with E-state index in [1.54, 1.807) is 48.7 Å². The molecule has 2 aromatic carbocycles. The third-order valence-corrected chi connectivity index (χ3v) is 7.91. The molecule has 0 aromatic heterocycles. The van der Waals surface area contributed by atoms with Crippen molar-refractivity contribution in [3.8, 4) is 5.75 Å². The van der Waals surface area contributed by atoms with Gasteiger partial charge in [0.1, 0.15) is 5.75 Å². The number of rotatable bonds is 7. The Morgan fingerprint density at radius 1 is 1.06 bits per heavy atom. The van der Waals surface area contributed by atoms with Crippen LogP contribution in [-0.4, -0.2) is 50.8 Å². The van der Waals surface area contributed by atoms with Crippen LogP contribution in [0, 0.1) is 13.8 Å². The number of sulfonamides is 1. The number of anilines is 1. The number of methoxy groups -OCH3 is 1. The molecule has 1 atom stereocenters. The van der Waals surface area contributed by atoms with Crippen molar-refractivity contribution in [1.29, 1.82) is 0 Å². The van der Waals surface area contributed by atoms with Crippen LogP contribution in [0.1, 0.15) is 36.8 Å². The van der Waals surface area contributed by atoms with E-state index < -0.39 is 21.8 Å². The number of aryl methyl sites for hydroxylation is 2. The fourth-order valence-corrected chi connectivity index (χ4v) is 6.02. The molecule has 0 unspecified atom stereocenters. The van der Waals surface area contributed by atoms with Gasteiger partial charge in [-0.25, -0.2) is 8.42 Å². The summed E-state index contributed by atoms with van der Waals surface area (Å²) in [6, 6.07) is 11.8. The third-order valence-electron chi connectivity index (χ3n) is 5.82. The molecule has 1 aliphatic rings. The minimum absolute atomic E-state index is 0.207. The van der Waals surface area contributed by atoms with Gasteiger partial charge in [0.2, 0.25) is 10.0 Å². The van der Waals surface area contributed by atoms with Gasteiger partial charge >= 0.3 is 11.8 Å². The number of hydrogen-bond acceptors (Lipinski definition) is 5. The predicted molar refractivity (Wildman–Crippen MR) is 127 cm³/mol. The largest absolute Gasteiger partial charge is 0.497 e. The average Bonchev–Trinajstić information content (AvgIpc) is 2.81. The van der Waals surface area contributed by atoms with Crippen LogP contribution in [0.25, 0.3) is 0 Å². The second-order valence-electron chi connectivity index (χ2n) is 8.26. The van der Waals surface area contributed by atoms with Gasteiger partial charge in [-0.2, -0.15) is 4.31 Å². The molecule has 1 fully saturated rings. The van der Waals surface area contributed by atoms with Gasteiger partial charge < -0.3 is 15.4 Å². The van der Waals surface area contributed by atoms with Crippen molar-refractivity contribution in [2.75, 3.05) is 25.5 Å². The van der Waals surface area contributed by atoms with Gasteiger partial charge in [0, 0.05) is 24.8 Å². The Bertz CT molecular complexity index is 1100. The lowest BCUT2D eigenvalue weighted by molar-refractivity contribution is -0.136. The highest BCUT2D eigenvalue weighted by atomic mass is 32.2. The molecular formula is C24H31N3O5S. The first-order valence-electron chi connectivity index (χ1n) is 11.0. The number of nitrogens with one attached hydrogen (secondary N) is 2. The van der Waals surface area contributed by atoms with Crippen LogP contribution in [0.2, 0.25) is 0 Å². The normalized spacial score (nSPS) is 16.8. The molecule has 0 aliphatic carbocycles. The van der Waals surface area contributed by atoms with Crippen molar-refractivity contribution < 1.29 is 22.7 Å². The Morgan fingerprint density at radius 2 is 1.79 bits per heavy atom. The van der Waals surface area contributed by atoms with Gasteiger partial charge in [0.15, 0.2) is 0 Å². The molecule has 3 rings (SSSR count).